The van der Waals surface area contributed by atoms with E-state index < -0.39 is 0 Å². The predicted octanol–water partition coefficient (Wildman–Crippen LogP) is 2.55. The summed E-state index contributed by atoms with van der Waals surface area (Å²) in [6, 6.07) is 6.18. The number of hydrogen-bond donors (Lipinski definition) is 2. The molecule has 0 aliphatic carbocycles. The first-order chi connectivity index (χ1) is 7.49. The van der Waals surface area contributed by atoms with E-state index in [0.29, 0.717) is 19.0 Å². The maximum atomic E-state index is 9.86. The highest BCUT2D eigenvalue weighted by Gasteiger charge is 2.08. The van der Waals surface area contributed by atoms with Gasteiger partial charge in [-0.1, -0.05) is 31.5 Å². The van der Waals surface area contributed by atoms with E-state index in [2.05, 4.69) is 19.2 Å². The number of halogens is 1. The first kappa shape index (κ1) is 13.5. The molecule has 0 aliphatic rings. The van der Waals surface area contributed by atoms with Crippen LogP contribution in [0.2, 0.25) is 5.02 Å². The molecule has 1 aromatic carbocycles. The van der Waals surface area contributed by atoms with Gasteiger partial charge in [-0.2, -0.15) is 0 Å². The molecule has 1 rings (SSSR count). The van der Waals surface area contributed by atoms with Crippen molar-refractivity contribution in [3.63, 3.8) is 0 Å². The molecule has 0 amide bonds. The standard InChI is InChI=1S/C13H20ClNO/c1-9(2)15-8-13(16)7-11-6-12(14)5-4-10(11)3/h4-6,9,13,15-16H,7-8H2,1-3H3. The molecule has 0 radical (unpaired) electrons. The molecule has 0 heterocycles. The van der Waals surface area contributed by atoms with E-state index >= 15 is 0 Å². The molecule has 0 aliphatic heterocycles. The molecule has 3 heteroatoms. The molecule has 0 spiro atoms. The lowest BCUT2D eigenvalue weighted by atomic mass is 10.0. The van der Waals surface area contributed by atoms with Crippen LogP contribution in [0, 0.1) is 6.92 Å². The van der Waals surface area contributed by atoms with E-state index in [-0.39, 0.29) is 6.10 Å². The molecular weight excluding hydrogens is 222 g/mol. The van der Waals surface area contributed by atoms with E-state index in [0.717, 1.165) is 10.6 Å². The SMILES string of the molecule is Cc1ccc(Cl)cc1CC(O)CNC(C)C. The summed E-state index contributed by atoms with van der Waals surface area (Å²) in [7, 11) is 0. The fourth-order valence-electron chi connectivity index (χ4n) is 1.56. The second-order valence-corrected chi connectivity index (χ2v) is 4.93. The molecule has 2 N–H and O–H groups in total. The summed E-state index contributed by atoms with van der Waals surface area (Å²) in [4.78, 5) is 0. The van der Waals surface area contributed by atoms with Crippen molar-refractivity contribution < 1.29 is 5.11 Å². The Balaban J connectivity index is 2.55. The number of rotatable bonds is 5. The lowest BCUT2D eigenvalue weighted by molar-refractivity contribution is 0.168. The van der Waals surface area contributed by atoms with Gasteiger partial charge in [-0.05, 0) is 36.6 Å². The molecule has 0 fully saturated rings. The van der Waals surface area contributed by atoms with Crippen molar-refractivity contribution in [1.29, 1.82) is 0 Å². The van der Waals surface area contributed by atoms with Gasteiger partial charge >= 0.3 is 0 Å². The lowest BCUT2D eigenvalue weighted by Crippen LogP contribution is -2.33. The van der Waals surface area contributed by atoms with Crippen LogP contribution in [0.15, 0.2) is 18.2 Å². The molecule has 16 heavy (non-hydrogen) atoms. The van der Waals surface area contributed by atoms with Gasteiger partial charge in [0.2, 0.25) is 0 Å². The maximum absolute atomic E-state index is 9.86. The van der Waals surface area contributed by atoms with Crippen LogP contribution in [0.5, 0.6) is 0 Å². The second-order valence-electron chi connectivity index (χ2n) is 4.49. The normalized spacial score (nSPS) is 13.1. The number of aliphatic hydroxyl groups is 1. The topological polar surface area (TPSA) is 32.3 Å². The summed E-state index contributed by atoms with van der Waals surface area (Å²) in [5.74, 6) is 0. The second kappa shape index (κ2) is 6.24. The van der Waals surface area contributed by atoms with Crippen LogP contribution in [-0.4, -0.2) is 23.8 Å². The molecule has 2 nitrogen and oxygen atoms in total. The van der Waals surface area contributed by atoms with Gasteiger partial charge in [-0.3, -0.25) is 0 Å². The van der Waals surface area contributed by atoms with Crippen LogP contribution in [-0.2, 0) is 6.42 Å². The van der Waals surface area contributed by atoms with E-state index in [1.54, 1.807) is 0 Å². The average Bonchev–Trinajstić information content (AvgIpc) is 2.20. The van der Waals surface area contributed by atoms with Crippen LogP contribution in [0.3, 0.4) is 0 Å². The minimum atomic E-state index is -0.362. The molecule has 1 aromatic rings. The van der Waals surface area contributed by atoms with Crippen molar-refractivity contribution in [2.45, 2.75) is 39.3 Å². The largest absolute Gasteiger partial charge is 0.391 e. The van der Waals surface area contributed by atoms with Crippen molar-refractivity contribution in [3.05, 3.63) is 34.3 Å². The van der Waals surface area contributed by atoms with Crippen molar-refractivity contribution in [1.82, 2.24) is 5.32 Å². The molecule has 0 bridgehead atoms. The zero-order valence-corrected chi connectivity index (χ0v) is 10.9. The Morgan fingerprint density at radius 2 is 2.06 bits per heavy atom. The molecule has 1 unspecified atom stereocenters. The third-order valence-electron chi connectivity index (χ3n) is 2.53. The fourth-order valence-corrected chi connectivity index (χ4v) is 1.75. The van der Waals surface area contributed by atoms with Crippen molar-refractivity contribution in [3.8, 4) is 0 Å². The number of nitrogens with one attached hydrogen (secondary N) is 1. The molecule has 0 saturated heterocycles. The van der Waals surface area contributed by atoms with Gasteiger partial charge in [-0.25, -0.2) is 0 Å². The van der Waals surface area contributed by atoms with E-state index in [4.69, 9.17) is 11.6 Å². The summed E-state index contributed by atoms with van der Waals surface area (Å²) in [6.45, 7) is 6.78. The van der Waals surface area contributed by atoms with Gasteiger partial charge < -0.3 is 10.4 Å². The van der Waals surface area contributed by atoms with Crippen LogP contribution >= 0.6 is 11.6 Å². The predicted molar refractivity (Wildman–Crippen MR) is 69.0 cm³/mol. The lowest BCUT2D eigenvalue weighted by Gasteiger charge is -2.15. The summed E-state index contributed by atoms with van der Waals surface area (Å²) < 4.78 is 0. The first-order valence-corrected chi connectivity index (χ1v) is 6.03. The summed E-state index contributed by atoms with van der Waals surface area (Å²) in [5, 5.41) is 13.8. The molecule has 90 valence electrons. The smallest absolute Gasteiger partial charge is 0.0705 e. The fraction of sp³-hybridized carbons (Fsp3) is 0.538. The first-order valence-electron chi connectivity index (χ1n) is 5.65. The third-order valence-corrected chi connectivity index (χ3v) is 2.76. The van der Waals surface area contributed by atoms with Gasteiger partial charge in [0, 0.05) is 17.6 Å². The Morgan fingerprint density at radius 3 is 2.69 bits per heavy atom. The highest BCUT2D eigenvalue weighted by Crippen LogP contribution is 2.16. The summed E-state index contributed by atoms with van der Waals surface area (Å²) >= 11 is 5.93. The minimum Gasteiger partial charge on any atom is -0.391 e. The van der Waals surface area contributed by atoms with Crippen LogP contribution in [0.4, 0.5) is 0 Å². The zero-order valence-electron chi connectivity index (χ0n) is 10.1. The monoisotopic (exact) mass is 241 g/mol. The third kappa shape index (κ3) is 4.52. The summed E-state index contributed by atoms with van der Waals surface area (Å²) in [6.07, 6.45) is 0.283. The molecule has 0 saturated carbocycles. The van der Waals surface area contributed by atoms with Gasteiger partial charge in [0.1, 0.15) is 0 Å². The Bertz CT molecular complexity index is 339. The van der Waals surface area contributed by atoms with Crippen molar-refractivity contribution >= 4 is 11.6 Å². The van der Waals surface area contributed by atoms with Crippen LogP contribution in [0.25, 0.3) is 0 Å². The van der Waals surface area contributed by atoms with Gasteiger partial charge in [-0.15, -0.1) is 0 Å². The molecule has 0 aromatic heterocycles. The van der Waals surface area contributed by atoms with Crippen molar-refractivity contribution in [2.24, 2.45) is 0 Å². The van der Waals surface area contributed by atoms with E-state index in [1.165, 1.54) is 5.56 Å². The number of benzene rings is 1. The highest BCUT2D eigenvalue weighted by atomic mass is 35.5. The number of hydrogen-bond acceptors (Lipinski definition) is 2. The molecular formula is C13H20ClNO. The number of aryl methyl sites for hydroxylation is 1. The maximum Gasteiger partial charge on any atom is 0.0705 e. The van der Waals surface area contributed by atoms with Crippen LogP contribution in [0.1, 0.15) is 25.0 Å². The van der Waals surface area contributed by atoms with Gasteiger partial charge in [0.15, 0.2) is 0 Å². The van der Waals surface area contributed by atoms with Gasteiger partial charge in [0.25, 0.3) is 0 Å². The average molecular weight is 242 g/mol. The molecule has 1 atom stereocenters. The Labute approximate surface area is 103 Å². The minimum absolute atomic E-state index is 0.362. The zero-order chi connectivity index (χ0) is 12.1. The quantitative estimate of drug-likeness (QED) is 0.831. The number of aliphatic hydroxyl groups excluding tert-OH is 1. The Morgan fingerprint density at radius 1 is 1.38 bits per heavy atom. The van der Waals surface area contributed by atoms with E-state index in [9.17, 15) is 5.11 Å². The van der Waals surface area contributed by atoms with Crippen LogP contribution < -0.4 is 5.32 Å². The van der Waals surface area contributed by atoms with Gasteiger partial charge in [0.05, 0.1) is 6.10 Å². The van der Waals surface area contributed by atoms with Crippen molar-refractivity contribution in [2.75, 3.05) is 6.54 Å². The highest BCUT2D eigenvalue weighted by molar-refractivity contribution is 6.30. The Kier molecular flexibility index (Phi) is 5.26. The Hall–Kier alpha value is -0.570. The summed E-state index contributed by atoms with van der Waals surface area (Å²) in [5.41, 5.74) is 2.29. The van der Waals surface area contributed by atoms with E-state index in [1.807, 2.05) is 25.1 Å².